The maximum atomic E-state index is 4.19. The van der Waals surface area contributed by atoms with Gasteiger partial charge in [-0.2, -0.15) is 5.10 Å². The van der Waals surface area contributed by atoms with Crippen molar-refractivity contribution in [3.05, 3.63) is 11.1 Å². The molecule has 0 saturated heterocycles. The van der Waals surface area contributed by atoms with E-state index in [-0.39, 0.29) is 0 Å². The average molecular weight is 142 g/mol. The Bertz CT molecular complexity index is 172. The summed E-state index contributed by atoms with van der Waals surface area (Å²) < 4.78 is 0. The first-order valence-corrected chi connectivity index (χ1v) is 3.69. The number of nitrogens with zero attached hydrogens (tertiary/aromatic N) is 2. The van der Waals surface area contributed by atoms with Crippen LogP contribution in [0.1, 0.15) is 13.8 Å². The maximum absolute atomic E-state index is 4.19. The highest BCUT2D eigenvalue weighted by Gasteiger charge is 2.12. The SMILES string of the molecule is C/C=C1/SC(C)=NN1C. The van der Waals surface area contributed by atoms with Gasteiger partial charge in [-0.3, -0.25) is 5.01 Å². The van der Waals surface area contributed by atoms with E-state index in [0.717, 1.165) is 5.04 Å². The Kier molecular flexibility index (Phi) is 1.81. The second-order valence-electron chi connectivity index (χ2n) is 1.87. The van der Waals surface area contributed by atoms with Gasteiger partial charge in [0.05, 0.1) is 10.1 Å². The van der Waals surface area contributed by atoms with Crippen molar-refractivity contribution in [1.82, 2.24) is 5.01 Å². The van der Waals surface area contributed by atoms with Crippen LogP contribution in [-0.2, 0) is 0 Å². The van der Waals surface area contributed by atoms with Gasteiger partial charge in [0.2, 0.25) is 0 Å². The first-order chi connectivity index (χ1) is 4.24. The summed E-state index contributed by atoms with van der Waals surface area (Å²) in [5, 5.41) is 8.41. The summed E-state index contributed by atoms with van der Waals surface area (Å²) in [5.41, 5.74) is 0. The lowest BCUT2D eigenvalue weighted by Gasteiger charge is -2.04. The minimum Gasteiger partial charge on any atom is -0.261 e. The van der Waals surface area contributed by atoms with E-state index >= 15 is 0 Å². The normalized spacial score (nSPS) is 23.2. The first-order valence-electron chi connectivity index (χ1n) is 2.87. The molecule has 1 aliphatic rings. The molecule has 0 atom stereocenters. The van der Waals surface area contributed by atoms with Crippen LogP contribution in [0.2, 0.25) is 0 Å². The Morgan fingerprint density at radius 1 is 1.67 bits per heavy atom. The standard InChI is InChI=1S/C6H10N2S/c1-4-6-8(3)7-5(2)9-6/h4H,1-3H3/b6-4+. The molecule has 0 N–H and O–H groups in total. The summed E-state index contributed by atoms with van der Waals surface area (Å²) in [6, 6.07) is 0. The van der Waals surface area contributed by atoms with Crippen molar-refractivity contribution in [3.63, 3.8) is 0 Å². The van der Waals surface area contributed by atoms with Crippen LogP contribution in [0.4, 0.5) is 0 Å². The van der Waals surface area contributed by atoms with Gasteiger partial charge >= 0.3 is 0 Å². The van der Waals surface area contributed by atoms with Crippen LogP contribution >= 0.6 is 11.8 Å². The molecule has 0 aromatic rings. The topological polar surface area (TPSA) is 15.6 Å². The molecule has 0 aromatic heterocycles. The molecule has 0 radical (unpaired) electrons. The zero-order chi connectivity index (χ0) is 6.85. The largest absolute Gasteiger partial charge is 0.261 e. The van der Waals surface area contributed by atoms with Gasteiger partial charge < -0.3 is 0 Å². The number of hydrogen-bond donors (Lipinski definition) is 0. The zero-order valence-corrected chi connectivity index (χ0v) is 6.70. The summed E-state index contributed by atoms with van der Waals surface area (Å²) in [4.78, 5) is 0. The molecule has 9 heavy (non-hydrogen) atoms. The maximum Gasteiger partial charge on any atom is 0.0968 e. The van der Waals surface area contributed by atoms with E-state index in [0.29, 0.717) is 0 Å². The minimum absolute atomic E-state index is 1.12. The fourth-order valence-corrected chi connectivity index (χ4v) is 1.50. The van der Waals surface area contributed by atoms with Crippen molar-refractivity contribution in [1.29, 1.82) is 0 Å². The molecule has 0 saturated carbocycles. The molecule has 0 fully saturated rings. The Labute approximate surface area is 59.6 Å². The fraction of sp³-hybridized carbons (Fsp3) is 0.500. The summed E-state index contributed by atoms with van der Waals surface area (Å²) in [7, 11) is 1.96. The predicted octanol–water partition coefficient (Wildman–Crippen LogP) is 1.86. The minimum atomic E-state index is 1.12. The molecular formula is C6H10N2S. The highest BCUT2D eigenvalue weighted by Crippen LogP contribution is 2.27. The van der Waals surface area contributed by atoms with Gasteiger partial charge in [-0.25, -0.2) is 0 Å². The van der Waals surface area contributed by atoms with Gasteiger partial charge in [0.1, 0.15) is 0 Å². The summed E-state index contributed by atoms with van der Waals surface area (Å²) in [5.74, 6) is 0. The van der Waals surface area contributed by atoms with Crippen molar-refractivity contribution in [3.8, 4) is 0 Å². The van der Waals surface area contributed by atoms with Gasteiger partial charge in [-0.05, 0) is 13.8 Å². The fourth-order valence-electron chi connectivity index (χ4n) is 0.744. The van der Waals surface area contributed by atoms with E-state index in [2.05, 4.69) is 11.2 Å². The molecule has 0 aliphatic carbocycles. The van der Waals surface area contributed by atoms with E-state index in [1.54, 1.807) is 11.8 Å². The van der Waals surface area contributed by atoms with Crippen LogP contribution in [-0.4, -0.2) is 17.1 Å². The van der Waals surface area contributed by atoms with Gasteiger partial charge in [0, 0.05) is 7.05 Å². The molecule has 3 heteroatoms. The second-order valence-corrected chi connectivity index (χ2v) is 3.08. The highest BCUT2D eigenvalue weighted by molar-refractivity contribution is 8.17. The van der Waals surface area contributed by atoms with Gasteiger partial charge in [0.15, 0.2) is 0 Å². The van der Waals surface area contributed by atoms with Gasteiger partial charge in [0.25, 0.3) is 0 Å². The van der Waals surface area contributed by atoms with Crippen molar-refractivity contribution in [2.24, 2.45) is 5.10 Å². The van der Waals surface area contributed by atoms with Crippen LogP contribution in [0, 0.1) is 0 Å². The van der Waals surface area contributed by atoms with E-state index in [1.807, 2.05) is 25.9 Å². The van der Waals surface area contributed by atoms with E-state index in [1.165, 1.54) is 5.03 Å². The monoisotopic (exact) mass is 142 g/mol. The van der Waals surface area contributed by atoms with E-state index in [4.69, 9.17) is 0 Å². The molecule has 1 rings (SSSR count). The predicted molar refractivity (Wildman–Crippen MR) is 42.2 cm³/mol. The molecule has 0 bridgehead atoms. The number of hydrogen-bond acceptors (Lipinski definition) is 3. The number of hydrazone groups is 1. The number of allylic oxidation sites excluding steroid dienone is 1. The van der Waals surface area contributed by atoms with Gasteiger partial charge in [-0.1, -0.05) is 17.8 Å². The molecule has 0 amide bonds. The third kappa shape index (κ3) is 1.27. The molecule has 0 spiro atoms. The van der Waals surface area contributed by atoms with Crippen molar-refractivity contribution >= 4 is 16.8 Å². The highest BCUT2D eigenvalue weighted by atomic mass is 32.2. The lowest BCUT2D eigenvalue weighted by atomic mass is 10.7. The number of rotatable bonds is 0. The molecule has 1 aliphatic heterocycles. The first kappa shape index (κ1) is 6.68. The molecule has 1 heterocycles. The molecule has 0 unspecified atom stereocenters. The quantitative estimate of drug-likeness (QED) is 0.513. The van der Waals surface area contributed by atoms with Crippen molar-refractivity contribution < 1.29 is 0 Å². The Morgan fingerprint density at radius 3 is 2.56 bits per heavy atom. The van der Waals surface area contributed by atoms with Crippen LogP contribution in [0.25, 0.3) is 0 Å². The van der Waals surface area contributed by atoms with Crippen LogP contribution < -0.4 is 0 Å². The van der Waals surface area contributed by atoms with Crippen LogP contribution in [0.5, 0.6) is 0 Å². The third-order valence-electron chi connectivity index (χ3n) is 1.11. The molecular weight excluding hydrogens is 132 g/mol. The molecule has 2 nitrogen and oxygen atoms in total. The smallest absolute Gasteiger partial charge is 0.0968 e. The van der Waals surface area contributed by atoms with Crippen molar-refractivity contribution in [2.45, 2.75) is 13.8 Å². The summed E-state index contributed by atoms with van der Waals surface area (Å²) in [6.07, 6.45) is 2.06. The number of thioether (sulfide) groups is 1. The van der Waals surface area contributed by atoms with Crippen LogP contribution in [0.3, 0.4) is 0 Å². The van der Waals surface area contributed by atoms with E-state index < -0.39 is 0 Å². The zero-order valence-electron chi connectivity index (χ0n) is 5.88. The molecule has 0 aromatic carbocycles. The lowest BCUT2D eigenvalue weighted by Crippen LogP contribution is -2.01. The third-order valence-corrected chi connectivity index (χ3v) is 2.20. The van der Waals surface area contributed by atoms with E-state index in [9.17, 15) is 0 Å². The van der Waals surface area contributed by atoms with Crippen LogP contribution in [0.15, 0.2) is 16.2 Å². The Morgan fingerprint density at radius 2 is 2.33 bits per heavy atom. The summed E-state index contributed by atoms with van der Waals surface area (Å²) in [6.45, 7) is 4.03. The summed E-state index contributed by atoms with van der Waals surface area (Å²) >= 11 is 1.71. The van der Waals surface area contributed by atoms with Crippen molar-refractivity contribution in [2.75, 3.05) is 7.05 Å². The molecule has 50 valence electrons. The average Bonchev–Trinajstić information content (AvgIpc) is 2.10. The lowest BCUT2D eigenvalue weighted by molar-refractivity contribution is 0.486. The Hall–Kier alpha value is -0.440. The Balaban J connectivity index is 2.71. The second kappa shape index (κ2) is 2.43. The van der Waals surface area contributed by atoms with Gasteiger partial charge in [-0.15, -0.1) is 0 Å².